The van der Waals surface area contributed by atoms with Crippen molar-refractivity contribution in [1.82, 2.24) is 0 Å². The molecule has 23 heavy (non-hydrogen) atoms. The van der Waals surface area contributed by atoms with E-state index in [1.165, 1.54) is 0 Å². The largest absolute Gasteiger partial charge is 0.566 e. The van der Waals surface area contributed by atoms with Crippen molar-refractivity contribution in [2.75, 3.05) is 26.4 Å². The first-order valence-electron chi connectivity index (χ1n) is 7.29. The molecule has 10 heteroatoms. The molecule has 0 aromatic rings. The van der Waals surface area contributed by atoms with Crippen molar-refractivity contribution in [3.8, 4) is 0 Å². The summed E-state index contributed by atoms with van der Waals surface area (Å²) in [6, 6.07) is 0. The van der Waals surface area contributed by atoms with Gasteiger partial charge in [0.15, 0.2) is 0 Å². The van der Waals surface area contributed by atoms with E-state index in [-0.39, 0.29) is 31.8 Å². The molecule has 1 aliphatic heterocycles. The third-order valence-electron chi connectivity index (χ3n) is 3.46. The molecule has 0 bridgehead atoms. The van der Waals surface area contributed by atoms with E-state index in [9.17, 15) is 9.46 Å². The molecule has 1 heterocycles. The minimum absolute atomic E-state index is 0.0147. The van der Waals surface area contributed by atoms with Crippen molar-refractivity contribution in [3.63, 3.8) is 0 Å². The van der Waals surface area contributed by atoms with Gasteiger partial charge in [-0.1, -0.05) is 6.92 Å². The summed E-state index contributed by atoms with van der Waals surface area (Å²) in [4.78, 5) is 13.8. The van der Waals surface area contributed by atoms with Crippen LogP contribution < -0.4 is 4.89 Å². The summed E-state index contributed by atoms with van der Waals surface area (Å²) in [5.74, 6) is -0.0147. The van der Waals surface area contributed by atoms with Gasteiger partial charge in [0.2, 0.25) is 6.54 Å². The minimum atomic E-state index is -2.95. The smallest absolute Gasteiger partial charge is 0.488 e. The first-order valence-corrected chi connectivity index (χ1v) is 10.1. The molecule has 0 amide bonds. The first kappa shape index (κ1) is 20.7. The Hall–Kier alpha value is -0.350. The average molecular weight is 367 g/mol. The van der Waals surface area contributed by atoms with Gasteiger partial charge >= 0.3 is 8.25 Å². The number of ether oxygens (including phenoxy) is 1. The second-order valence-corrected chi connectivity index (χ2v) is 7.73. The highest BCUT2D eigenvalue weighted by atomic mass is 31.2. The van der Waals surface area contributed by atoms with Gasteiger partial charge in [-0.15, -0.1) is 4.52 Å². The summed E-state index contributed by atoms with van der Waals surface area (Å²) in [7, 11) is -5.83. The lowest BCUT2D eigenvalue weighted by atomic mass is 10.00. The van der Waals surface area contributed by atoms with Crippen LogP contribution >= 0.6 is 15.8 Å². The van der Waals surface area contributed by atoms with Crippen molar-refractivity contribution in [1.29, 1.82) is 0 Å². The van der Waals surface area contributed by atoms with Gasteiger partial charge in [0.1, 0.15) is 19.3 Å². The van der Waals surface area contributed by atoms with E-state index in [2.05, 4.69) is 15.7 Å². The monoisotopic (exact) mass is 367 g/mol. The van der Waals surface area contributed by atoms with Gasteiger partial charge in [-0.2, -0.15) is 0 Å². The zero-order chi connectivity index (χ0) is 17.5. The fraction of sp³-hybridized carbons (Fsp3) is 0.846. The Morgan fingerprint density at radius 1 is 1.43 bits per heavy atom. The molecule has 0 N–H and O–H groups in total. The molecular formula is C13H23NO7P2. The van der Waals surface area contributed by atoms with Crippen LogP contribution in [0.5, 0.6) is 0 Å². The topological polar surface area (TPSA) is 90.6 Å². The molecule has 1 aliphatic rings. The Morgan fingerprint density at radius 3 is 2.70 bits per heavy atom. The van der Waals surface area contributed by atoms with Crippen molar-refractivity contribution in [3.05, 3.63) is 11.4 Å². The summed E-state index contributed by atoms with van der Waals surface area (Å²) < 4.78 is 38.0. The predicted molar refractivity (Wildman–Crippen MR) is 85.0 cm³/mol. The number of hydrogen-bond donors (Lipinski definition) is 0. The van der Waals surface area contributed by atoms with Crippen molar-refractivity contribution in [2.24, 2.45) is 5.92 Å². The highest BCUT2D eigenvalue weighted by molar-refractivity contribution is 7.59. The third kappa shape index (κ3) is 6.58. The zero-order valence-electron chi connectivity index (χ0n) is 13.5. The lowest BCUT2D eigenvalue weighted by molar-refractivity contribution is -0.188. The van der Waals surface area contributed by atoms with Gasteiger partial charge in [-0.3, -0.25) is 0 Å². The minimum Gasteiger partial charge on any atom is -0.566 e. The molecule has 0 spiro atoms. The summed E-state index contributed by atoms with van der Waals surface area (Å²) in [5.41, 5.74) is 0. The Morgan fingerprint density at radius 2 is 2.13 bits per heavy atom. The molecule has 8 nitrogen and oxygen atoms in total. The summed E-state index contributed by atoms with van der Waals surface area (Å²) in [6.45, 7) is 12.9. The maximum absolute atomic E-state index is 10.6. The molecule has 0 saturated carbocycles. The van der Waals surface area contributed by atoms with Crippen LogP contribution in [0.15, 0.2) is 0 Å². The van der Waals surface area contributed by atoms with Gasteiger partial charge in [0, 0.05) is 5.92 Å². The van der Waals surface area contributed by atoms with Crippen LogP contribution in [-0.4, -0.2) is 51.0 Å². The van der Waals surface area contributed by atoms with Gasteiger partial charge in [-0.25, -0.2) is 6.57 Å². The zero-order valence-corrected chi connectivity index (χ0v) is 15.3. The van der Waals surface area contributed by atoms with E-state index in [0.29, 0.717) is 6.61 Å². The van der Waals surface area contributed by atoms with Gasteiger partial charge in [0.25, 0.3) is 7.57 Å². The summed E-state index contributed by atoms with van der Waals surface area (Å²) in [6.07, 6.45) is 2.76. The number of rotatable bonds is 10. The van der Waals surface area contributed by atoms with Crippen molar-refractivity contribution in [2.45, 2.75) is 39.1 Å². The molecule has 1 fully saturated rings. The SMILES string of the molecule is [C-]#[N+]CCOP(=C)(OCC)O[C@@H]1C(CO[P+](=O)[O-])O[C@@H](C)[C@@H]1C. The summed E-state index contributed by atoms with van der Waals surface area (Å²) in [5, 5.41) is 0. The van der Waals surface area contributed by atoms with Crippen LogP contribution in [0.25, 0.3) is 4.85 Å². The van der Waals surface area contributed by atoms with Crippen LogP contribution in [0.2, 0.25) is 0 Å². The molecule has 6 atom stereocenters. The number of hydrogen-bond acceptors (Lipinski definition) is 7. The molecule has 132 valence electrons. The van der Waals surface area contributed by atoms with E-state index >= 15 is 0 Å². The lowest BCUT2D eigenvalue weighted by Gasteiger charge is -2.29. The quantitative estimate of drug-likeness (QED) is 0.331. The molecule has 0 radical (unpaired) electrons. The van der Waals surface area contributed by atoms with E-state index in [0.717, 1.165) is 0 Å². The Kier molecular flexibility index (Phi) is 8.84. The Labute approximate surface area is 138 Å². The average Bonchev–Trinajstić information content (AvgIpc) is 2.73. The molecule has 0 aromatic carbocycles. The second-order valence-electron chi connectivity index (χ2n) is 5.07. The lowest BCUT2D eigenvalue weighted by Crippen LogP contribution is -2.32. The standard InChI is InChI=1S/C13H23NO7P2/c1-6-18-23(5,19-8-7-14-4)21-13-10(2)11(3)20-12(13)9-17-22(15)16/h10-13H,5-9H2,1-3H3/t10-,11-,12?,13-,23?/m0/s1. The van der Waals surface area contributed by atoms with Crippen LogP contribution in [0.3, 0.4) is 0 Å². The third-order valence-corrected chi connectivity index (χ3v) is 5.61. The highest BCUT2D eigenvalue weighted by Gasteiger charge is 2.44. The van der Waals surface area contributed by atoms with E-state index in [1.807, 2.05) is 13.8 Å². The van der Waals surface area contributed by atoms with Crippen molar-refractivity contribution < 1.29 is 32.3 Å². The predicted octanol–water partition coefficient (Wildman–Crippen LogP) is 2.00. The molecule has 0 aliphatic carbocycles. The Bertz CT molecular complexity index is 481. The maximum atomic E-state index is 10.6. The van der Waals surface area contributed by atoms with Crippen molar-refractivity contribution >= 4 is 22.1 Å². The maximum Gasteiger partial charge on any atom is 0.488 e. The van der Waals surface area contributed by atoms with Gasteiger partial charge < -0.3 is 28.0 Å². The second kappa shape index (κ2) is 9.83. The van der Waals surface area contributed by atoms with Gasteiger partial charge in [0.05, 0.1) is 18.8 Å². The molecular weight excluding hydrogens is 344 g/mol. The molecule has 1 saturated heterocycles. The molecule has 0 aromatic heterocycles. The van der Waals surface area contributed by atoms with E-state index in [4.69, 9.17) is 24.9 Å². The normalized spacial score (nSPS) is 30.7. The summed E-state index contributed by atoms with van der Waals surface area (Å²) >= 11 is 0. The van der Waals surface area contributed by atoms with Crippen LogP contribution in [0.1, 0.15) is 20.8 Å². The molecule has 1 rings (SSSR count). The van der Waals surface area contributed by atoms with Gasteiger partial charge in [-0.05, 0) is 24.7 Å². The van der Waals surface area contributed by atoms with E-state index < -0.39 is 28.0 Å². The van der Waals surface area contributed by atoms with Crippen LogP contribution in [0, 0.1) is 12.5 Å². The number of nitrogens with zero attached hydrogens (tertiary/aromatic N) is 1. The van der Waals surface area contributed by atoms with E-state index in [1.54, 1.807) is 6.92 Å². The Balaban J connectivity index is 2.78. The first-order chi connectivity index (χ1) is 10.8. The van der Waals surface area contributed by atoms with Crippen LogP contribution in [0.4, 0.5) is 0 Å². The fourth-order valence-electron chi connectivity index (χ4n) is 2.22. The molecule has 3 unspecified atom stereocenters. The fourth-order valence-corrected chi connectivity index (χ4v) is 4.14. The van der Waals surface area contributed by atoms with Crippen LogP contribution in [-0.2, 0) is 27.4 Å². The highest BCUT2D eigenvalue weighted by Crippen LogP contribution is 2.52.